The molecule has 3 rings (SSSR count). The van der Waals surface area contributed by atoms with Crippen LogP contribution in [0.5, 0.6) is 5.75 Å². The summed E-state index contributed by atoms with van der Waals surface area (Å²) in [7, 11) is -3.79. The number of nitriles is 1. The minimum absolute atomic E-state index is 0.00146. The lowest BCUT2D eigenvalue weighted by Crippen LogP contribution is -2.53. The molecular weight excluding hydrogens is 390 g/mol. The molecule has 2 aromatic rings. The number of amides is 1. The zero-order valence-corrected chi connectivity index (χ0v) is 17.2. The summed E-state index contributed by atoms with van der Waals surface area (Å²) in [6, 6.07) is 15.5. The molecule has 0 bridgehead atoms. The molecule has 1 saturated heterocycles. The van der Waals surface area contributed by atoms with E-state index in [0.29, 0.717) is 5.75 Å². The summed E-state index contributed by atoms with van der Waals surface area (Å²) in [6.45, 7) is 4.53. The van der Waals surface area contributed by atoms with Gasteiger partial charge in [-0.1, -0.05) is 24.3 Å². The minimum atomic E-state index is -3.79. The van der Waals surface area contributed by atoms with Crippen LogP contribution in [0.25, 0.3) is 0 Å². The quantitative estimate of drug-likeness (QED) is 0.749. The highest BCUT2D eigenvalue weighted by atomic mass is 32.2. The van der Waals surface area contributed by atoms with Crippen molar-refractivity contribution in [2.45, 2.75) is 24.8 Å². The molecule has 0 saturated carbocycles. The smallest absolute Gasteiger partial charge is 0.263 e. The maximum atomic E-state index is 12.9. The first-order valence-electron chi connectivity index (χ1n) is 9.34. The van der Waals surface area contributed by atoms with Crippen LogP contribution < -0.4 is 4.74 Å². The molecule has 0 aromatic heterocycles. The highest BCUT2D eigenvalue weighted by molar-refractivity contribution is 7.89. The monoisotopic (exact) mass is 413 g/mol. The van der Waals surface area contributed by atoms with E-state index in [1.165, 1.54) is 16.4 Å². The summed E-state index contributed by atoms with van der Waals surface area (Å²) in [6.07, 6.45) is -0.667. The average molecular weight is 413 g/mol. The van der Waals surface area contributed by atoms with Crippen molar-refractivity contribution in [1.82, 2.24) is 9.21 Å². The third-order valence-corrected chi connectivity index (χ3v) is 6.78. The molecule has 0 radical (unpaired) electrons. The molecule has 0 aliphatic carbocycles. The van der Waals surface area contributed by atoms with Crippen molar-refractivity contribution in [2.24, 2.45) is 0 Å². The van der Waals surface area contributed by atoms with E-state index in [9.17, 15) is 18.5 Å². The van der Waals surface area contributed by atoms with Crippen molar-refractivity contribution in [3.05, 3.63) is 59.7 Å². The number of piperazine rings is 1. The van der Waals surface area contributed by atoms with E-state index in [1.807, 2.05) is 31.2 Å². The summed E-state index contributed by atoms with van der Waals surface area (Å²) in [5.74, 6) is 0.446. The van der Waals surface area contributed by atoms with Gasteiger partial charge in [-0.05, 0) is 43.7 Å². The number of hydrogen-bond donors (Lipinski definition) is 0. The fourth-order valence-corrected chi connectivity index (χ4v) is 4.84. The molecule has 7 nitrogen and oxygen atoms in total. The van der Waals surface area contributed by atoms with Crippen LogP contribution in [0.1, 0.15) is 18.1 Å². The number of benzene rings is 2. The van der Waals surface area contributed by atoms with Gasteiger partial charge in [0.2, 0.25) is 10.0 Å². The van der Waals surface area contributed by atoms with E-state index < -0.39 is 16.1 Å². The van der Waals surface area contributed by atoms with Gasteiger partial charge in [-0.3, -0.25) is 4.79 Å². The Bertz CT molecular complexity index is 1040. The molecule has 29 heavy (non-hydrogen) atoms. The number of nitrogens with zero attached hydrogens (tertiary/aromatic N) is 3. The number of aryl methyl sites for hydroxylation is 1. The predicted octanol–water partition coefficient (Wildman–Crippen LogP) is 2.17. The average Bonchev–Trinajstić information content (AvgIpc) is 2.73. The second-order valence-corrected chi connectivity index (χ2v) is 8.82. The SMILES string of the molecule is Cc1cccc(O[C@@H](C)C(=O)N2CCN(S(=O)(=O)c3ccccc3C#N)CC2)c1. The molecule has 1 atom stereocenters. The topological polar surface area (TPSA) is 90.7 Å². The summed E-state index contributed by atoms with van der Waals surface area (Å²) >= 11 is 0. The van der Waals surface area contributed by atoms with Crippen molar-refractivity contribution in [2.75, 3.05) is 26.2 Å². The number of sulfonamides is 1. The number of hydrogen-bond acceptors (Lipinski definition) is 5. The molecule has 2 aromatic carbocycles. The Hall–Kier alpha value is -2.89. The van der Waals surface area contributed by atoms with E-state index in [4.69, 9.17) is 4.74 Å². The molecule has 0 unspecified atom stereocenters. The number of rotatable bonds is 5. The van der Waals surface area contributed by atoms with Crippen LogP contribution >= 0.6 is 0 Å². The molecule has 8 heteroatoms. The lowest BCUT2D eigenvalue weighted by molar-refractivity contribution is -0.139. The lowest BCUT2D eigenvalue weighted by Gasteiger charge is -2.35. The molecule has 152 valence electrons. The second-order valence-electron chi connectivity index (χ2n) is 6.91. The Balaban J connectivity index is 1.64. The summed E-state index contributed by atoms with van der Waals surface area (Å²) in [5.41, 5.74) is 1.16. The van der Waals surface area contributed by atoms with Crippen LogP contribution in [0.2, 0.25) is 0 Å². The van der Waals surface area contributed by atoms with E-state index in [2.05, 4.69) is 0 Å². The largest absolute Gasteiger partial charge is 0.481 e. The number of ether oxygens (including phenoxy) is 1. The molecule has 0 N–H and O–H groups in total. The molecule has 1 aliphatic rings. The van der Waals surface area contributed by atoms with Crippen LogP contribution in [-0.4, -0.2) is 55.8 Å². The highest BCUT2D eigenvalue weighted by Gasteiger charge is 2.33. The van der Waals surface area contributed by atoms with Gasteiger partial charge in [0.1, 0.15) is 11.8 Å². The standard InChI is InChI=1S/C21H23N3O4S/c1-16-6-5-8-19(14-16)28-17(2)21(25)23-10-12-24(13-11-23)29(26,27)20-9-4-3-7-18(20)15-22/h3-9,14,17H,10-13H2,1-2H3/t17-/m0/s1. The van der Waals surface area contributed by atoms with Crippen LogP contribution in [-0.2, 0) is 14.8 Å². The van der Waals surface area contributed by atoms with Gasteiger partial charge < -0.3 is 9.64 Å². The maximum absolute atomic E-state index is 12.9. The molecule has 1 aliphatic heterocycles. The van der Waals surface area contributed by atoms with Crippen LogP contribution in [0.4, 0.5) is 0 Å². The zero-order valence-electron chi connectivity index (χ0n) is 16.4. The predicted molar refractivity (Wildman–Crippen MR) is 108 cm³/mol. The first-order chi connectivity index (χ1) is 13.8. The van der Waals surface area contributed by atoms with Gasteiger partial charge in [0, 0.05) is 26.2 Å². The fourth-order valence-electron chi connectivity index (χ4n) is 3.27. The Morgan fingerprint density at radius 2 is 1.79 bits per heavy atom. The molecular formula is C21H23N3O4S. The second kappa shape index (κ2) is 8.64. The van der Waals surface area contributed by atoms with Crippen molar-refractivity contribution >= 4 is 15.9 Å². The van der Waals surface area contributed by atoms with Crippen molar-refractivity contribution in [1.29, 1.82) is 5.26 Å². The lowest BCUT2D eigenvalue weighted by atomic mass is 10.2. The first-order valence-corrected chi connectivity index (χ1v) is 10.8. The van der Waals surface area contributed by atoms with Crippen LogP contribution in [0.15, 0.2) is 53.4 Å². The van der Waals surface area contributed by atoms with E-state index >= 15 is 0 Å². The van der Waals surface area contributed by atoms with Crippen molar-refractivity contribution < 1.29 is 17.9 Å². The van der Waals surface area contributed by atoms with Gasteiger partial charge in [-0.2, -0.15) is 9.57 Å². The first kappa shape index (κ1) is 20.8. The third kappa shape index (κ3) is 4.58. The third-order valence-electron chi connectivity index (χ3n) is 4.83. The van der Waals surface area contributed by atoms with Gasteiger partial charge in [-0.15, -0.1) is 0 Å². The normalized spacial score (nSPS) is 16.1. The summed E-state index contributed by atoms with van der Waals surface area (Å²) in [4.78, 5) is 14.3. The van der Waals surface area contributed by atoms with Crippen molar-refractivity contribution in [3.63, 3.8) is 0 Å². The van der Waals surface area contributed by atoms with Gasteiger partial charge in [0.15, 0.2) is 6.10 Å². The Kier molecular flexibility index (Phi) is 6.20. The Morgan fingerprint density at radius 1 is 1.10 bits per heavy atom. The fraction of sp³-hybridized carbons (Fsp3) is 0.333. The minimum Gasteiger partial charge on any atom is -0.481 e. The van der Waals surface area contributed by atoms with E-state index in [1.54, 1.807) is 30.0 Å². The Morgan fingerprint density at radius 3 is 2.45 bits per heavy atom. The van der Waals surface area contributed by atoms with Crippen molar-refractivity contribution in [3.8, 4) is 11.8 Å². The van der Waals surface area contributed by atoms with Gasteiger partial charge in [0.05, 0.1) is 10.5 Å². The van der Waals surface area contributed by atoms with Gasteiger partial charge in [-0.25, -0.2) is 8.42 Å². The highest BCUT2D eigenvalue weighted by Crippen LogP contribution is 2.22. The molecule has 1 heterocycles. The Labute approximate surface area is 171 Å². The van der Waals surface area contributed by atoms with Gasteiger partial charge in [0.25, 0.3) is 5.91 Å². The van der Waals surface area contributed by atoms with E-state index in [-0.39, 0.29) is 42.5 Å². The zero-order chi connectivity index (χ0) is 21.0. The molecule has 1 fully saturated rings. The van der Waals surface area contributed by atoms with Crippen LogP contribution in [0, 0.1) is 18.3 Å². The molecule has 1 amide bonds. The van der Waals surface area contributed by atoms with Crippen LogP contribution in [0.3, 0.4) is 0 Å². The number of carbonyl (C=O) groups is 1. The molecule has 0 spiro atoms. The maximum Gasteiger partial charge on any atom is 0.263 e. The van der Waals surface area contributed by atoms with E-state index in [0.717, 1.165) is 5.56 Å². The van der Waals surface area contributed by atoms with Gasteiger partial charge >= 0.3 is 0 Å². The summed E-state index contributed by atoms with van der Waals surface area (Å²) in [5, 5.41) is 9.19. The number of carbonyl (C=O) groups excluding carboxylic acids is 1. The summed E-state index contributed by atoms with van der Waals surface area (Å²) < 4.78 is 32.9.